The van der Waals surface area contributed by atoms with Crippen LogP contribution >= 0.6 is 11.3 Å². The second-order valence-electron chi connectivity index (χ2n) is 5.22. The van der Waals surface area contributed by atoms with E-state index in [-0.39, 0.29) is 27.3 Å². The van der Waals surface area contributed by atoms with Crippen LogP contribution in [0.15, 0.2) is 29.2 Å². The lowest BCUT2D eigenvalue weighted by Crippen LogP contribution is -2.17. The summed E-state index contributed by atoms with van der Waals surface area (Å²) < 4.78 is 48.6. The first kappa shape index (κ1) is 19.3. The number of sulfone groups is 1. The zero-order chi connectivity index (χ0) is 18.7. The molecule has 1 aromatic carbocycles. The fourth-order valence-electron chi connectivity index (χ4n) is 1.75. The van der Waals surface area contributed by atoms with E-state index in [9.17, 15) is 21.6 Å². The predicted molar refractivity (Wildman–Crippen MR) is 94.9 cm³/mol. The molecule has 0 aliphatic carbocycles. The van der Waals surface area contributed by atoms with Crippen LogP contribution in [0.25, 0.3) is 0 Å². The number of nitrogens with one attached hydrogen (secondary N) is 2. The molecular formula is C13H16N4O5S3. The molecule has 0 bridgehead atoms. The maximum Gasteiger partial charge on any atom is 0.231 e. The fourth-order valence-corrected chi connectivity index (χ4v) is 4.48. The van der Waals surface area contributed by atoms with E-state index in [2.05, 4.69) is 20.2 Å². The van der Waals surface area contributed by atoms with Gasteiger partial charge in [0, 0.05) is 6.42 Å². The van der Waals surface area contributed by atoms with Crippen LogP contribution in [0, 0.1) is 6.92 Å². The maximum atomic E-state index is 12.2. The molecule has 2 aromatic rings. The summed E-state index contributed by atoms with van der Waals surface area (Å²) in [7, 11) is -7.06. The van der Waals surface area contributed by atoms with Gasteiger partial charge in [0.25, 0.3) is 0 Å². The van der Waals surface area contributed by atoms with Crippen molar-refractivity contribution in [1.29, 1.82) is 0 Å². The van der Waals surface area contributed by atoms with E-state index in [1.807, 2.05) is 6.92 Å². The van der Waals surface area contributed by atoms with E-state index in [4.69, 9.17) is 0 Å². The SMILES string of the molecule is Cc1ccc(S(=O)(=O)CCC(=O)Nc2nnc(NS(C)(=O)=O)s2)cc1. The Morgan fingerprint density at radius 1 is 1.08 bits per heavy atom. The monoisotopic (exact) mass is 404 g/mol. The first-order valence-corrected chi connectivity index (χ1v) is 11.3. The molecule has 25 heavy (non-hydrogen) atoms. The van der Waals surface area contributed by atoms with Gasteiger partial charge in [0.2, 0.25) is 26.2 Å². The van der Waals surface area contributed by atoms with Crippen molar-refractivity contribution in [3.63, 3.8) is 0 Å². The number of amides is 1. The highest BCUT2D eigenvalue weighted by molar-refractivity contribution is 7.92. The van der Waals surface area contributed by atoms with Gasteiger partial charge in [-0.3, -0.25) is 9.52 Å². The first-order valence-electron chi connectivity index (χ1n) is 6.96. The first-order chi connectivity index (χ1) is 11.5. The van der Waals surface area contributed by atoms with Crippen LogP contribution in [0.5, 0.6) is 0 Å². The molecule has 0 unspecified atom stereocenters. The van der Waals surface area contributed by atoms with Crippen molar-refractivity contribution in [1.82, 2.24) is 10.2 Å². The van der Waals surface area contributed by atoms with Gasteiger partial charge in [-0.25, -0.2) is 16.8 Å². The molecule has 1 aromatic heterocycles. The number of sulfonamides is 1. The van der Waals surface area contributed by atoms with E-state index >= 15 is 0 Å². The van der Waals surface area contributed by atoms with Crippen LogP contribution in [-0.2, 0) is 24.7 Å². The van der Waals surface area contributed by atoms with Gasteiger partial charge in [0.1, 0.15) is 0 Å². The Kier molecular flexibility index (Phi) is 5.75. The summed E-state index contributed by atoms with van der Waals surface area (Å²) in [5, 5.41) is 9.64. The molecular weight excluding hydrogens is 388 g/mol. The highest BCUT2D eigenvalue weighted by atomic mass is 32.2. The molecule has 0 radical (unpaired) electrons. The highest BCUT2D eigenvalue weighted by Gasteiger charge is 2.17. The molecule has 0 aliphatic heterocycles. The zero-order valence-electron chi connectivity index (χ0n) is 13.4. The molecule has 1 heterocycles. The lowest BCUT2D eigenvalue weighted by atomic mass is 10.2. The summed E-state index contributed by atoms with van der Waals surface area (Å²) in [6, 6.07) is 6.36. The molecule has 0 aliphatic rings. The molecule has 136 valence electrons. The van der Waals surface area contributed by atoms with Crippen molar-refractivity contribution in [2.75, 3.05) is 22.0 Å². The van der Waals surface area contributed by atoms with E-state index in [1.165, 1.54) is 12.1 Å². The number of rotatable bonds is 7. The number of aryl methyl sites for hydroxylation is 1. The van der Waals surface area contributed by atoms with Crippen LogP contribution < -0.4 is 10.0 Å². The summed E-state index contributed by atoms with van der Waals surface area (Å²) in [4.78, 5) is 12.0. The summed E-state index contributed by atoms with van der Waals surface area (Å²) in [5.74, 6) is -0.910. The fraction of sp³-hybridized carbons (Fsp3) is 0.308. The largest absolute Gasteiger partial charge is 0.300 e. The summed E-state index contributed by atoms with van der Waals surface area (Å²) in [5.41, 5.74) is 0.937. The molecule has 12 heteroatoms. The number of hydrogen-bond acceptors (Lipinski definition) is 8. The number of aromatic nitrogens is 2. The van der Waals surface area contributed by atoms with Crippen LogP contribution in [-0.4, -0.2) is 44.9 Å². The Hall–Kier alpha value is -2.05. The molecule has 2 N–H and O–H groups in total. The molecule has 0 saturated carbocycles. The van der Waals surface area contributed by atoms with E-state index < -0.39 is 25.8 Å². The molecule has 0 fully saturated rings. The zero-order valence-corrected chi connectivity index (χ0v) is 15.8. The number of anilines is 2. The van der Waals surface area contributed by atoms with Crippen LogP contribution in [0.1, 0.15) is 12.0 Å². The Bertz CT molecular complexity index is 965. The van der Waals surface area contributed by atoms with Gasteiger partial charge < -0.3 is 5.32 Å². The van der Waals surface area contributed by atoms with Crippen molar-refractivity contribution in [3.05, 3.63) is 29.8 Å². The summed E-state index contributed by atoms with van der Waals surface area (Å²) in [6.45, 7) is 1.85. The van der Waals surface area contributed by atoms with Crippen molar-refractivity contribution in [2.45, 2.75) is 18.2 Å². The van der Waals surface area contributed by atoms with Gasteiger partial charge in [-0.1, -0.05) is 29.0 Å². The summed E-state index contributed by atoms with van der Waals surface area (Å²) >= 11 is 0.826. The second kappa shape index (κ2) is 7.45. The third-order valence-electron chi connectivity index (χ3n) is 2.92. The van der Waals surface area contributed by atoms with Crippen LogP contribution in [0.3, 0.4) is 0 Å². The Morgan fingerprint density at radius 2 is 1.68 bits per heavy atom. The third kappa shape index (κ3) is 6.07. The topological polar surface area (TPSA) is 135 Å². The number of hydrogen-bond donors (Lipinski definition) is 2. The Labute approximate surface area is 149 Å². The van der Waals surface area contributed by atoms with E-state index in [0.717, 1.165) is 23.2 Å². The Balaban J connectivity index is 1.93. The van der Waals surface area contributed by atoms with Crippen molar-refractivity contribution in [2.24, 2.45) is 0 Å². The van der Waals surface area contributed by atoms with Crippen molar-refractivity contribution >= 4 is 47.4 Å². The van der Waals surface area contributed by atoms with Crippen molar-refractivity contribution < 1.29 is 21.6 Å². The molecule has 0 spiro atoms. The minimum Gasteiger partial charge on any atom is -0.300 e. The van der Waals surface area contributed by atoms with Gasteiger partial charge in [-0.15, -0.1) is 10.2 Å². The minimum absolute atomic E-state index is 0.00470. The predicted octanol–water partition coefficient (Wildman–Crippen LogP) is 1.02. The lowest BCUT2D eigenvalue weighted by Gasteiger charge is -2.05. The second-order valence-corrected chi connectivity index (χ2v) is 10.1. The molecule has 9 nitrogen and oxygen atoms in total. The average molecular weight is 404 g/mol. The van der Waals surface area contributed by atoms with Crippen LogP contribution in [0.4, 0.5) is 10.3 Å². The third-order valence-corrected chi connectivity index (χ3v) is 6.10. The Morgan fingerprint density at radius 3 is 2.28 bits per heavy atom. The molecule has 0 atom stereocenters. The normalized spacial score (nSPS) is 11.9. The molecule has 2 rings (SSSR count). The van der Waals surface area contributed by atoms with Gasteiger partial charge in [0.05, 0.1) is 16.9 Å². The minimum atomic E-state index is -3.57. The smallest absolute Gasteiger partial charge is 0.231 e. The van der Waals surface area contributed by atoms with E-state index in [1.54, 1.807) is 12.1 Å². The van der Waals surface area contributed by atoms with E-state index in [0.29, 0.717) is 0 Å². The standard InChI is InChI=1S/C13H16N4O5S3/c1-9-3-5-10(6-4-9)25(21,22)8-7-11(18)14-12-15-16-13(23-12)17-24(2,19)20/h3-6H,7-8H2,1-2H3,(H,16,17)(H,14,15,18). The van der Waals surface area contributed by atoms with Gasteiger partial charge in [0.15, 0.2) is 9.84 Å². The van der Waals surface area contributed by atoms with Crippen molar-refractivity contribution in [3.8, 4) is 0 Å². The lowest BCUT2D eigenvalue weighted by molar-refractivity contribution is -0.115. The number of carbonyl (C=O) groups excluding carboxylic acids is 1. The number of carbonyl (C=O) groups is 1. The average Bonchev–Trinajstić information content (AvgIpc) is 2.90. The van der Waals surface area contributed by atoms with Crippen LogP contribution in [0.2, 0.25) is 0 Å². The van der Waals surface area contributed by atoms with Gasteiger partial charge in [-0.2, -0.15) is 0 Å². The number of benzene rings is 1. The van der Waals surface area contributed by atoms with Gasteiger partial charge in [-0.05, 0) is 19.1 Å². The quantitative estimate of drug-likeness (QED) is 0.703. The maximum absolute atomic E-state index is 12.2. The number of nitrogens with zero attached hydrogens (tertiary/aromatic N) is 2. The molecule has 0 saturated heterocycles. The summed E-state index contributed by atoms with van der Waals surface area (Å²) in [6.07, 6.45) is 0.702. The van der Waals surface area contributed by atoms with Gasteiger partial charge >= 0.3 is 0 Å². The molecule has 1 amide bonds. The highest BCUT2D eigenvalue weighted by Crippen LogP contribution is 2.21.